The molecular weight excluding hydrogens is 408 g/mol. The molecule has 164 valence electrons. The molecule has 2 aliphatic rings. The second kappa shape index (κ2) is 9.09. The highest BCUT2D eigenvalue weighted by atomic mass is 16.5. The maximum absolute atomic E-state index is 12.7. The largest absolute Gasteiger partial charge is 0.463 e. The van der Waals surface area contributed by atoms with Crippen LogP contribution in [0.2, 0.25) is 0 Å². The van der Waals surface area contributed by atoms with Crippen LogP contribution < -0.4 is 10.6 Å². The highest BCUT2D eigenvalue weighted by Gasteiger charge is 2.41. The molecule has 0 aromatic heterocycles. The first-order valence-corrected chi connectivity index (χ1v) is 10.5. The van der Waals surface area contributed by atoms with E-state index in [1.165, 1.54) is 0 Å². The third-order valence-electron chi connectivity index (χ3n) is 5.44. The van der Waals surface area contributed by atoms with Crippen LogP contribution in [0.25, 0.3) is 0 Å². The van der Waals surface area contributed by atoms with Crippen LogP contribution >= 0.6 is 0 Å². The quantitative estimate of drug-likeness (QED) is 0.681. The van der Waals surface area contributed by atoms with Crippen LogP contribution in [-0.4, -0.2) is 31.1 Å². The Labute approximate surface area is 186 Å². The zero-order valence-electron chi connectivity index (χ0n) is 17.9. The third-order valence-corrected chi connectivity index (χ3v) is 5.44. The fraction of sp³-hybridized carbons (Fsp3) is 0.240. The molecule has 2 aliphatic heterocycles. The van der Waals surface area contributed by atoms with Crippen LogP contribution in [0.15, 0.2) is 77.1 Å². The van der Waals surface area contributed by atoms with Crippen molar-refractivity contribution in [3.05, 3.63) is 88.3 Å². The lowest BCUT2D eigenvalue weighted by Gasteiger charge is -2.27. The fourth-order valence-corrected chi connectivity index (χ4v) is 4.02. The number of amides is 1. The minimum Gasteiger partial charge on any atom is -0.463 e. The summed E-state index contributed by atoms with van der Waals surface area (Å²) in [4.78, 5) is 37.5. The number of dihydropyridines is 1. The summed E-state index contributed by atoms with van der Waals surface area (Å²) in [5.41, 5.74) is 4.38. The summed E-state index contributed by atoms with van der Waals surface area (Å²) in [6.45, 7) is 3.89. The van der Waals surface area contributed by atoms with Crippen LogP contribution in [-0.2, 0) is 30.3 Å². The summed E-state index contributed by atoms with van der Waals surface area (Å²) in [6.07, 6.45) is 0.272. The predicted octanol–water partition coefficient (Wildman–Crippen LogP) is 3.20. The fourth-order valence-electron chi connectivity index (χ4n) is 4.02. The van der Waals surface area contributed by atoms with Crippen molar-refractivity contribution in [3.8, 4) is 0 Å². The molecule has 4 rings (SSSR count). The number of cyclic esters (lactones) is 1. The van der Waals surface area contributed by atoms with Gasteiger partial charge in [0.25, 0.3) is 0 Å². The Morgan fingerprint density at radius 3 is 2.53 bits per heavy atom. The van der Waals surface area contributed by atoms with Crippen molar-refractivity contribution in [3.63, 3.8) is 0 Å². The van der Waals surface area contributed by atoms with Gasteiger partial charge in [-0.2, -0.15) is 0 Å². The number of rotatable bonds is 6. The van der Waals surface area contributed by atoms with Crippen molar-refractivity contribution in [1.82, 2.24) is 5.32 Å². The molecule has 2 aromatic carbocycles. The zero-order chi connectivity index (χ0) is 22.7. The highest BCUT2D eigenvalue weighted by Crippen LogP contribution is 2.41. The number of carbonyl (C=O) groups is 3. The molecule has 1 amide bonds. The normalized spacial score (nSPS) is 17.4. The van der Waals surface area contributed by atoms with Crippen molar-refractivity contribution in [2.75, 3.05) is 18.5 Å². The number of carbonyl (C=O) groups excluding carboxylic acids is 3. The van der Waals surface area contributed by atoms with Gasteiger partial charge in [0.1, 0.15) is 6.61 Å². The van der Waals surface area contributed by atoms with Gasteiger partial charge in [0, 0.05) is 11.4 Å². The maximum Gasteiger partial charge on any atom is 0.337 e. The Balaban J connectivity index is 1.59. The van der Waals surface area contributed by atoms with E-state index in [-0.39, 0.29) is 25.5 Å². The average Bonchev–Trinajstić information content (AvgIpc) is 3.14. The van der Waals surface area contributed by atoms with E-state index >= 15 is 0 Å². The minimum absolute atomic E-state index is 0.127. The molecule has 0 saturated carbocycles. The first-order valence-electron chi connectivity index (χ1n) is 10.5. The summed E-state index contributed by atoms with van der Waals surface area (Å²) in [5, 5.41) is 5.99. The molecule has 7 nitrogen and oxygen atoms in total. The van der Waals surface area contributed by atoms with Crippen molar-refractivity contribution < 1.29 is 23.9 Å². The first-order chi connectivity index (χ1) is 15.5. The van der Waals surface area contributed by atoms with E-state index in [0.29, 0.717) is 28.2 Å². The summed E-state index contributed by atoms with van der Waals surface area (Å²) in [6, 6.07) is 16.6. The molecule has 2 heterocycles. The topological polar surface area (TPSA) is 93.7 Å². The van der Waals surface area contributed by atoms with E-state index in [1.54, 1.807) is 38.1 Å². The lowest BCUT2D eigenvalue weighted by Crippen LogP contribution is -2.30. The molecule has 0 radical (unpaired) electrons. The number of hydrogen-bond donors (Lipinski definition) is 2. The van der Waals surface area contributed by atoms with Gasteiger partial charge in [-0.15, -0.1) is 0 Å². The molecule has 1 atom stereocenters. The van der Waals surface area contributed by atoms with Crippen molar-refractivity contribution in [1.29, 1.82) is 0 Å². The van der Waals surface area contributed by atoms with Crippen LogP contribution in [0.4, 0.5) is 5.69 Å². The van der Waals surface area contributed by atoms with E-state index in [0.717, 1.165) is 11.1 Å². The number of allylic oxidation sites excluding steroid dienone is 1. The molecule has 0 saturated heterocycles. The summed E-state index contributed by atoms with van der Waals surface area (Å²) >= 11 is 0. The van der Waals surface area contributed by atoms with E-state index < -0.39 is 17.9 Å². The smallest absolute Gasteiger partial charge is 0.337 e. The SMILES string of the molecule is CCOC(=O)C1=C(C)NC2=C(C(=O)OC2)C1c1ccc(NC(=O)Cc2ccccc2)cc1. The highest BCUT2D eigenvalue weighted by molar-refractivity contribution is 6.01. The van der Waals surface area contributed by atoms with Gasteiger partial charge < -0.3 is 20.1 Å². The molecule has 32 heavy (non-hydrogen) atoms. The molecule has 0 spiro atoms. The van der Waals surface area contributed by atoms with Gasteiger partial charge in [-0.25, -0.2) is 9.59 Å². The van der Waals surface area contributed by atoms with Gasteiger partial charge >= 0.3 is 11.9 Å². The van der Waals surface area contributed by atoms with Crippen LogP contribution in [0.5, 0.6) is 0 Å². The van der Waals surface area contributed by atoms with Gasteiger partial charge in [0.2, 0.25) is 5.91 Å². The molecule has 2 aromatic rings. The van der Waals surface area contributed by atoms with Gasteiger partial charge in [-0.3, -0.25) is 4.79 Å². The van der Waals surface area contributed by atoms with Crippen LogP contribution in [0.1, 0.15) is 30.9 Å². The molecular formula is C25H24N2O5. The van der Waals surface area contributed by atoms with Crippen LogP contribution in [0, 0.1) is 0 Å². The maximum atomic E-state index is 12.7. The second-order valence-electron chi connectivity index (χ2n) is 7.62. The Kier molecular flexibility index (Phi) is 6.07. The molecule has 7 heteroatoms. The standard InChI is InChI=1S/C25H24N2O5/c1-3-31-24(29)21-15(2)26-19-14-32-25(30)23(19)22(21)17-9-11-18(12-10-17)27-20(28)13-16-7-5-4-6-8-16/h4-12,22,26H,3,13-14H2,1-2H3,(H,27,28). The number of benzene rings is 2. The molecule has 1 unspecified atom stereocenters. The molecule has 0 bridgehead atoms. The number of esters is 2. The van der Waals surface area contributed by atoms with Gasteiger partial charge in [-0.05, 0) is 37.1 Å². The number of ether oxygens (including phenoxy) is 2. The third kappa shape index (κ3) is 4.27. The average molecular weight is 432 g/mol. The Hall–Kier alpha value is -3.87. The lowest BCUT2D eigenvalue weighted by molar-refractivity contribution is -0.138. The predicted molar refractivity (Wildman–Crippen MR) is 118 cm³/mol. The minimum atomic E-state index is -0.602. The first kappa shape index (κ1) is 21.4. The summed E-state index contributed by atoms with van der Waals surface area (Å²) in [5.74, 6) is -1.66. The summed E-state index contributed by atoms with van der Waals surface area (Å²) in [7, 11) is 0. The Bertz CT molecular complexity index is 1120. The number of hydrogen-bond acceptors (Lipinski definition) is 6. The van der Waals surface area contributed by atoms with E-state index in [1.807, 2.05) is 30.3 Å². The van der Waals surface area contributed by atoms with Crippen molar-refractivity contribution in [2.24, 2.45) is 0 Å². The Morgan fingerprint density at radius 1 is 1.12 bits per heavy atom. The molecule has 0 aliphatic carbocycles. The van der Waals surface area contributed by atoms with E-state index in [4.69, 9.17) is 9.47 Å². The molecule has 0 fully saturated rings. The van der Waals surface area contributed by atoms with E-state index in [2.05, 4.69) is 10.6 Å². The summed E-state index contributed by atoms with van der Waals surface area (Å²) < 4.78 is 10.5. The zero-order valence-corrected chi connectivity index (χ0v) is 17.9. The Morgan fingerprint density at radius 2 is 1.84 bits per heavy atom. The lowest BCUT2D eigenvalue weighted by atomic mass is 9.81. The second-order valence-corrected chi connectivity index (χ2v) is 7.62. The monoisotopic (exact) mass is 432 g/mol. The van der Waals surface area contributed by atoms with Crippen molar-refractivity contribution in [2.45, 2.75) is 26.2 Å². The van der Waals surface area contributed by atoms with Gasteiger partial charge in [0.05, 0.1) is 35.8 Å². The van der Waals surface area contributed by atoms with Crippen molar-refractivity contribution >= 4 is 23.5 Å². The number of anilines is 1. The van der Waals surface area contributed by atoms with Gasteiger partial charge in [-0.1, -0.05) is 42.5 Å². The van der Waals surface area contributed by atoms with E-state index in [9.17, 15) is 14.4 Å². The molecule has 2 N–H and O–H groups in total. The van der Waals surface area contributed by atoms with Gasteiger partial charge in [0.15, 0.2) is 0 Å². The number of nitrogens with one attached hydrogen (secondary N) is 2. The van der Waals surface area contributed by atoms with Crippen LogP contribution in [0.3, 0.4) is 0 Å².